The summed E-state index contributed by atoms with van der Waals surface area (Å²) in [5.41, 5.74) is 1.31. The van der Waals surface area contributed by atoms with Crippen molar-refractivity contribution in [3.8, 4) is 0 Å². The third kappa shape index (κ3) is 2.26. The van der Waals surface area contributed by atoms with Gasteiger partial charge in [0.2, 0.25) is 0 Å². The van der Waals surface area contributed by atoms with Crippen LogP contribution in [0.1, 0.15) is 26.7 Å². The van der Waals surface area contributed by atoms with Gasteiger partial charge in [-0.25, -0.2) is 0 Å². The van der Waals surface area contributed by atoms with Crippen LogP contribution in [0.2, 0.25) is 0 Å². The summed E-state index contributed by atoms with van der Waals surface area (Å²) in [7, 11) is 0. The van der Waals surface area contributed by atoms with Crippen LogP contribution in [-0.4, -0.2) is 5.11 Å². The molecule has 0 saturated heterocycles. The van der Waals surface area contributed by atoms with Gasteiger partial charge < -0.3 is 5.11 Å². The number of aliphatic hydroxyl groups is 1. The van der Waals surface area contributed by atoms with Crippen LogP contribution in [0.4, 0.5) is 0 Å². The highest BCUT2D eigenvalue weighted by Crippen LogP contribution is 2.19. The fraction of sp³-hybridized carbons (Fsp3) is 0.455. The van der Waals surface area contributed by atoms with Gasteiger partial charge in [0.15, 0.2) is 0 Å². The SMILES string of the molecule is CCC(C)C1=CC=C(O)CC=C1. The fourth-order valence-electron chi connectivity index (χ4n) is 1.20. The highest BCUT2D eigenvalue weighted by atomic mass is 16.3. The maximum Gasteiger partial charge on any atom is 0.0960 e. The monoisotopic (exact) mass is 164 g/mol. The minimum Gasteiger partial charge on any atom is -0.512 e. The fourth-order valence-corrected chi connectivity index (χ4v) is 1.20. The van der Waals surface area contributed by atoms with E-state index in [1.807, 2.05) is 12.2 Å². The van der Waals surface area contributed by atoms with Crippen LogP contribution in [0.3, 0.4) is 0 Å². The van der Waals surface area contributed by atoms with Crippen LogP contribution in [0, 0.1) is 5.92 Å². The normalized spacial score (nSPS) is 19.5. The zero-order valence-corrected chi connectivity index (χ0v) is 7.75. The zero-order chi connectivity index (χ0) is 8.97. The average Bonchev–Trinajstić information content (AvgIpc) is 2.29. The molecule has 66 valence electrons. The van der Waals surface area contributed by atoms with Crippen molar-refractivity contribution in [2.45, 2.75) is 26.7 Å². The molecule has 1 aliphatic rings. The molecule has 0 saturated carbocycles. The highest BCUT2D eigenvalue weighted by Gasteiger charge is 2.04. The van der Waals surface area contributed by atoms with E-state index in [0.717, 1.165) is 6.42 Å². The standard InChI is InChI=1S/C11H16O/c1-3-9(2)10-5-4-6-11(12)8-7-10/h4-5,7-9,12H,3,6H2,1-2H3. The number of aliphatic hydroxyl groups excluding tert-OH is 1. The lowest BCUT2D eigenvalue weighted by Crippen LogP contribution is -1.93. The Labute approximate surface area is 74.1 Å². The Morgan fingerprint density at radius 1 is 1.50 bits per heavy atom. The van der Waals surface area contributed by atoms with Crippen LogP contribution >= 0.6 is 0 Å². The zero-order valence-electron chi connectivity index (χ0n) is 7.75. The van der Waals surface area contributed by atoms with Gasteiger partial charge in [-0.05, 0) is 24.0 Å². The van der Waals surface area contributed by atoms with E-state index in [9.17, 15) is 5.11 Å². The second kappa shape index (κ2) is 4.15. The largest absolute Gasteiger partial charge is 0.512 e. The van der Waals surface area contributed by atoms with Gasteiger partial charge in [-0.2, -0.15) is 0 Å². The second-order valence-corrected chi connectivity index (χ2v) is 3.24. The lowest BCUT2D eigenvalue weighted by atomic mass is 9.98. The summed E-state index contributed by atoms with van der Waals surface area (Å²) >= 11 is 0. The smallest absolute Gasteiger partial charge is 0.0960 e. The molecule has 0 aromatic heterocycles. The maximum atomic E-state index is 9.23. The lowest BCUT2D eigenvalue weighted by molar-refractivity contribution is 0.402. The Morgan fingerprint density at radius 3 is 2.92 bits per heavy atom. The summed E-state index contributed by atoms with van der Waals surface area (Å²) < 4.78 is 0. The van der Waals surface area contributed by atoms with Crippen molar-refractivity contribution >= 4 is 0 Å². The first-order valence-electron chi connectivity index (χ1n) is 4.50. The molecule has 0 spiro atoms. The quantitative estimate of drug-likeness (QED) is 0.663. The Hall–Kier alpha value is -0.980. The molecule has 0 heterocycles. The molecule has 0 radical (unpaired) electrons. The van der Waals surface area contributed by atoms with Crippen LogP contribution in [0.25, 0.3) is 0 Å². The Balaban J connectivity index is 2.77. The predicted molar refractivity (Wildman–Crippen MR) is 52.0 cm³/mol. The summed E-state index contributed by atoms with van der Waals surface area (Å²) in [4.78, 5) is 0. The van der Waals surface area contributed by atoms with Crippen molar-refractivity contribution in [1.82, 2.24) is 0 Å². The van der Waals surface area contributed by atoms with Gasteiger partial charge in [0.1, 0.15) is 0 Å². The molecule has 0 aromatic rings. The molecule has 0 aliphatic heterocycles. The summed E-state index contributed by atoms with van der Waals surface area (Å²) in [6.45, 7) is 4.38. The number of hydrogen-bond acceptors (Lipinski definition) is 1. The van der Waals surface area contributed by atoms with Gasteiger partial charge >= 0.3 is 0 Å². The minimum atomic E-state index is 0.449. The van der Waals surface area contributed by atoms with Crippen LogP contribution < -0.4 is 0 Å². The summed E-state index contributed by atoms with van der Waals surface area (Å²) in [6.07, 6.45) is 9.72. The van der Waals surface area contributed by atoms with E-state index in [1.165, 1.54) is 5.57 Å². The maximum absolute atomic E-state index is 9.23. The van der Waals surface area contributed by atoms with Gasteiger partial charge in [-0.15, -0.1) is 0 Å². The Morgan fingerprint density at radius 2 is 2.25 bits per heavy atom. The van der Waals surface area contributed by atoms with E-state index in [1.54, 1.807) is 6.08 Å². The molecule has 1 rings (SSSR count). The van der Waals surface area contributed by atoms with Gasteiger partial charge in [0.05, 0.1) is 5.76 Å². The van der Waals surface area contributed by atoms with Crippen LogP contribution in [0.15, 0.2) is 35.6 Å². The third-order valence-electron chi connectivity index (χ3n) is 2.29. The van der Waals surface area contributed by atoms with Gasteiger partial charge in [0.25, 0.3) is 0 Å². The first-order valence-corrected chi connectivity index (χ1v) is 4.50. The molecule has 12 heavy (non-hydrogen) atoms. The molecule has 1 aliphatic carbocycles. The van der Waals surface area contributed by atoms with Gasteiger partial charge in [0, 0.05) is 6.42 Å². The van der Waals surface area contributed by atoms with E-state index in [0.29, 0.717) is 18.1 Å². The number of allylic oxidation sites excluding steroid dienone is 5. The minimum absolute atomic E-state index is 0.449. The average molecular weight is 164 g/mol. The molecule has 0 amide bonds. The van der Waals surface area contributed by atoms with Crippen molar-refractivity contribution in [3.05, 3.63) is 35.6 Å². The molecule has 0 aromatic carbocycles. The van der Waals surface area contributed by atoms with Gasteiger partial charge in [-0.3, -0.25) is 0 Å². The number of hydrogen-bond donors (Lipinski definition) is 1. The molecule has 1 unspecified atom stereocenters. The highest BCUT2D eigenvalue weighted by molar-refractivity contribution is 5.30. The van der Waals surface area contributed by atoms with E-state index in [4.69, 9.17) is 0 Å². The molecular weight excluding hydrogens is 148 g/mol. The third-order valence-corrected chi connectivity index (χ3v) is 2.29. The summed E-state index contributed by atoms with van der Waals surface area (Å²) in [5, 5.41) is 9.23. The van der Waals surface area contributed by atoms with Crippen molar-refractivity contribution in [1.29, 1.82) is 0 Å². The molecule has 1 heteroatoms. The molecule has 1 atom stereocenters. The first kappa shape index (κ1) is 9.11. The second-order valence-electron chi connectivity index (χ2n) is 3.24. The molecule has 0 bridgehead atoms. The predicted octanol–water partition coefficient (Wildman–Crippen LogP) is 3.36. The first-order chi connectivity index (χ1) is 5.74. The lowest BCUT2D eigenvalue weighted by Gasteiger charge is -2.07. The number of rotatable bonds is 2. The van der Waals surface area contributed by atoms with Crippen molar-refractivity contribution < 1.29 is 5.11 Å². The topological polar surface area (TPSA) is 20.2 Å². The Bertz CT molecular complexity index is 233. The summed E-state index contributed by atoms with van der Waals surface area (Å²) in [5.74, 6) is 1.04. The van der Waals surface area contributed by atoms with Crippen molar-refractivity contribution in [2.75, 3.05) is 0 Å². The molecule has 1 N–H and O–H groups in total. The molecular formula is C11H16O. The van der Waals surface area contributed by atoms with E-state index < -0.39 is 0 Å². The van der Waals surface area contributed by atoms with Crippen molar-refractivity contribution in [3.63, 3.8) is 0 Å². The van der Waals surface area contributed by atoms with Crippen molar-refractivity contribution in [2.24, 2.45) is 5.92 Å². The molecule has 1 nitrogen and oxygen atoms in total. The van der Waals surface area contributed by atoms with Crippen LogP contribution in [0.5, 0.6) is 0 Å². The Kier molecular flexibility index (Phi) is 3.15. The van der Waals surface area contributed by atoms with E-state index >= 15 is 0 Å². The summed E-state index contributed by atoms with van der Waals surface area (Å²) in [6, 6.07) is 0. The van der Waals surface area contributed by atoms with Gasteiger partial charge in [-0.1, -0.05) is 32.1 Å². The van der Waals surface area contributed by atoms with E-state index in [2.05, 4.69) is 19.9 Å². The van der Waals surface area contributed by atoms with Crippen LogP contribution in [-0.2, 0) is 0 Å². The molecule has 0 fully saturated rings. The van der Waals surface area contributed by atoms with E-state index in [-0.39, 0.29) is 0 Å².